The quantitative estimate of drug-likeness (QED) is 0.845. The fourth-order valence-electron chi connectivity index (χ4n) is 3.17. The van der Waals surface area contributed by atoms with Crippen LogP contribution >= 0.6 is 0 Å². The Morgan fingerprint density at radius 2 is 2.33 bits per heavy atom. The third-order valence-corrected chi connectivity index (χ3v) is 4.30. The minimum absolute atomic E-state index is 0.0569. The van der Waals surface area contributed by atoms with Crippen LogP contribution in [0.5, 0.6) is 0 Å². The van der Waals surface area contributed by atoms with Crippen molar-refractivity contribution in [1.82, 2.24) is 14.8 Å². The van der Waals surface area contributed by atoms with Gasteiger partial charge in [0.05, 0.1) is 5.56 Å². The normalized spacial score (nSPS) is 19.2. The Balaban J connectivity index is 1.78. The lowest BCUT2D eigenvalue weighted by molar-refractivity contribution is 0.0776. The molecule has 0 saturated carbocycles. The van der Waals surface area contributed by atoms with Crippen LogP contribution in [0.4, 0.5) is 5.69 Å². The summed E-state index contributed by atoms with van der Waals surface area (Å²) in [5.41, 5.74) is 8.15. The predicted molar refractivity (Wildman–Crippen MR) is 85.3 cm³/mol. The molecule has 5 heteroatoms. The number of nitrogens with two attached hydrogens (primary N) is 1. The van der Waals surface area contributed by atoms with E-state index < -0.39 is 0 Å². The van der Waals surface area contributed by atoms with Crippen molar-refractivity contribution in [3.8, 4) is 0 Å². The van der Waals surface area contributed by atoms with Crippen molar-refractivity contribution in [2.24, 2.45) is 5.92 Å². The van der Waals surface area contributed by atoms with E-state index in [4.69, 9.17) is 5.73 Å². The van der Waals surface area contributed by atoms with E-state index in [9.17, 15) is 4.79 Å². The molecule has 2 aromatic rings. The van der Waals surface area contributed by atoms with E-state index in [2.05, 4.69) is 16.9 Å². The second-order valence-electron chi connectivity index (χ2n) is 6.11. The van der Waals surface area contributed by atoms with Gasteiger partial charge in [-0.2, -0.15) is 0 Å². The lowest BCUT2D eigenvalue weighted by atomic mass is 10.1. The van der Waals surface area contributed by atoms with E-state index in [0.29, 0.717) is 17.2 Å². The molecule has 1 amide bonds. The van der Waals surface area contributed by atoms with Crippen molar-refractivity contribution in [3.05, 3.63) is 30.0 Å². The average Bonchev–Trinajstić information content (AvgIpc) is 3.04. The molecule has 0 bridgehead atoms. The van der Waals surface area contributed by atoms with Crippen LogP contribution in [0.3, 0.4) is 0 Å². The first kappa shape index (κ1) is 13.9. The van der Waals surface area contributed by atoms with Crippen molar-refractivity contribution < 1.29 is 4.79 Å². The highest BCUT2D eigenvalue weighted by Crippen LogP contribution is 2.23. The average molecular weight is 286 g/mol. The number of aromatic amines is 1. The zero-order valence-electron chi connectivity index (χ0n) is 12.6. The molecule has 5 nitrogen and oxygen atoms in total. The smallest absolute Gasteiger partial charge is 0.255 e. The molecule has 1 aromatic carbocycles. The number of benzene rings is 1. The summed E-state index contributed by atoms with van der Waals surface area (Å²) in [5.74, 6) is 0.626. The number of hydrogen-bond acceptors (Lipinski definition) is 3. The van der Waals surface area contributed by atoms with Crippen molar-refractivity contribution in [2.75, 3.05) is 39.5 Å². The summed E-state index contributed by atoms with van der Waals surface area (Å²) >= 11 is 0. The number of fused-ring (bicyclic) bond motifs is 1. The molecule has 3 rings (SSSR count). The molecule has 0 radical (unpaired) electrons. The van der Waals surface area contributed by atoms with E-state index >= 15 is 0 Å². The maximum absolute atomic E-state index is 12.7. The van der Waals surface area contributed by atoms with Gasteiger partial charge < -0.3 is 20.5 Å². The van der Waals surface area contributed by atoms with Crippen LogP contribution in [0.2, 0.25) is 0 Å². The van der Waals surface area contributed by atoms with Gasteiger partial charge in [0.15, 0.2) is 0 Å². The highest BCUT2D eigenvalue weighted by atomic mass is 16.2. The van der Waals surface area contributed by atoms with Crippen LogP contribution in [-0.2, 0) is 0 Å². The Bertz CT molecular complexity index is 663. The summed E-state index contributed by atoms with van der Waals surface area (Å²) in [6, 6.07) is 5.61. The Morgan fingerprint density at radius 1 is 1.52 bits per heavy atom. The summed E-state index contributed by atoms with van der Waals surface area (Å²) in [6.45, 7) is 2.99. The van der Waals surface area contributed by atoms with E-state index in [1.807, 2.05) is 30.1 Å². The highest BCUT2D eigenvalue weighted by Gasteiger charge is 2.24. The first-order chi connectivity index (χ1) is 10.0. The molecule has 1 aliphatic heterocycles. The standard InChI is InChI=1S/C16H22N4O/c1-19-6-5-11(9-19)10-20(2)16(21)14-8-18-15-4-3-12(17)7-13(14)15/h3-4,7-8,11,18H,5-6,9-10,17H2,1-2H3. The Hall–Kier alpha value is -2.01. The summed E-state index contributed by atoms with van der Waals surface area (Å²) in [5, 5.41) is 0.899. The molecule has 3 N–H and O–H groups in total. The number of likely N-dealkylation sites (tertiary alicyclic amines) is 1. The van der Waals surface area contributed by atoms with Gasteiger partial charge in [-0.1, -0.05) is 0 Å². The number of hydrogen-bond donors (Lipinski definition) is 2. The molecule has 21 heavy (non-hydrogen) atoms. The Labute approximate surface area is 124 Å². The maximum Gasteiger partial charge on any atom is 0.255 e. The number of nitrogens with zero attached hydrogens (tertiary/aromatic N) is 2. The van der Waals surface area contributed by atoms with E-state index in [0.717, 1.165) is 37.0 Å². The monoisotopic (exact) mass is 286 g/mol. The summed E-state index contributed by atoms with van der Waals surface area (Å²) in [7, 11) is 4.01. The third-order valence-electron chi connectivity index (χ3n) is 4.30. The van der Waals surface area contributed by atoms with Crippen LogP contribution in [0.25, 0.3) is 10.9 Å². The van der Waals surface area contributed by atoms with E-state index in [1.54, 1.807) is 6.20 Å². The summed E-state index contributed by atoms with van der Waals surface area (Å²) in [4.78, 5) is 19.9. The van der Waals surface area contributed by atoms with Crippen LogP contribution in [0.15, 0.2) is 24.4 Å². The third kappa shape index (κ3) is 2.74. The lowest BCUT2D eigenvalue weighted by Crippen LogP contribution is -2.32. The molecule has 1 fully saturated rings. The van der Waals surface area contributed by atoms with Gasteiger partial charge in [0.25, 0.3) is 5.91 Å². The van der Waals surface area contributed by atoms with Crippen molar-refractivity contribution >= 4 is 22.5 Å². The van der Waals surface area contributed by atoms with Gasteiger partial charge in [0, 0.05) is 42.9 Å². The number of H-pyrrole nitrogens is 1. The number of amides is 1. The lowest BCUT2D eigenvalue weighted by Gasteiger charge is -2.21. The highest BCUT2D eigenvalue weighted by molar-refractivity contribution is 6.07. The number of nitrogen functional groups attached to an aromatic ring is 1. The number of anilines is 1. The first-order valence-corrected chi connectivity index (χ1v) is 7.35. The summed E-state index contributed by atoms with van der Waals surface area (Å²) < 4.78 is 0. The van der Waals surface area contributed by atoms with E-state index in [-0.39, 0.29) is 5.91 Å². The zero-order valence-corrected chi connectivity index (χ0v) is 12.6. The molecule has 1 saturated heterocycles. The van der Waals surface area contributed by atoms with Crippen LogP contribution in [-0.4, -0.2) is 54.4 Å². The van der Waals surface area contributed by atoms with Crippen molar-refractivity contribution in [2.45, 2.75) is 6.42 Å². The van der Waals surface area contributed by atoms with Gasteiger partial charge in [0.2, 0.25) is 0 Å². The molecular formula is C16H22N4O. The van der Waals surface area contributed by atoms with Crippen molar-refractivity contribution in [3.63, 3.8) is 0 Å². The van der Waals surface area contributed by atoms with Gasteiger partial charge in [-0.05, 0) is 44.1 Å². The number of nitrogens with one attached hydrogen (secondary N) is 1. The van der Waals surface area contributed by atoms with Gasteiger partial charge in [-0.3, -0.25) is 4.79 Å². The van der Waals surface area contributed by atoms with Gasteiger partial charge in [-0.15, -0.1) is 0 Å². The second-order valence-corrected chi connectivity index (χ2v) is 6.11. The largest absolute Gasteiger partial charge is 0.399 e. The molecule has 1 unspecified atom stereocenters. The summed E-state index contributed by atoms with van der Waals surface area (Å²) in [6.07, 6.45) is 2.94. The van der Waals surface area contributed by atoms with E-state index in [1.165, 1.54) is 0 Å². The minimum atomic E-state index is 0.0569. The number of rotatable bonds is 3. The van der Waals surface area contributed by atoms with Crippen molar-refractivity contribution in [1.29, 1.82) is 0 Å². The van der Waals surface area contributed by atoms with Gasteiger partial charge in [0.1, 0.15) is 0 Å². The molecule has 0 aliphatic carbocycles. The topological polar surface area (TPSA) is 65.4 Å². The molecule has 112 valence electrons. The number of aromatic nitrogens is 1. The van der Waals surface area contributed by atoms with Gasteiger partial charge >= 0.3 is 0 Å². The predicted octanol–water partition coefficient (Wildman–Crippen LogP) is 1.77. The molecule has 2 heterocycles. The molecular weight excluding hydrogens is 264 g/mol. The molecule has 1 aromatic heterocycles. The Morgan fingerprint density at radius 3 is 3.05 bits per heavy atom. The van der Waals surface area contributed by atoms with Crippen LogP contribution in [0, 0.1) is 5.92 Å². The Kier molecular flexibility index (Phi) is 3.59. The van der Waals surface area contributed by atoms with Gasteiger partial charge in [-0.25, -0.2) is 0 Å². The molecule has 1 aliphatic rings. The number of carbonyl (C=O) groups excluding carboxylic acids is 1. The molecule has 0 spiro atoms. The van der Waals surface area contributed by atoms with Crippen LogP contribution < -0.4 is 5.73 Å². The fraction of sp³-hybridized carbons (Fsp3) is 0.438. The zero-order chi connectivity index (χ0) is 15.0. The molecule has 1 atom stereocenters. The number of carbonyl (C=O) groups is 1. The fourth-order valence-corrected chi connectivity index (χ4v) is 3.17. The van der Waals surface area contributed by atoms with Crippen LogP contribution in [0.1, 0.15) is 16.8 Å². The maximum atomic E-state index is 12.7. The first-order valence-electron chi connectivity index (χ1n) is 7.35. The SMILES string of the molecule is CN1CCC(CN(C)C(=O)c2c[nH]c3ccc(N)cc23)C1. The second kappa shape index (κ2) is 5.41. The minimum Gasteiger partial charge on any atom is -0.399 e.